The van der Waals surface area contributed by atoms with Crippen LogP contribution in [0.5, 0.6) is 0 Å². The number of hydrogen-bond donors (Lipinski definition) is 1. The van der Waals surface area contributed by atoms with Crippen LogP contribution in [0.4, 0.5) is 0 Å². The van der Waals surface area contributed by atoms with Crippen molar-refractivity contribution in [3.63, 3.8) is 0 Å². The smallest absolute Gasteiger partial charge is 0.105 e. The highest BCUT2D eigenvalue weighted by molar-refractivity contribution is 5.02. The lowest BCUT2D eigenvalue weighted by Gasteiger charge is -2.11. The zero-order valence-electron chi connectivity index (χ0n) is 10.2. The van der Waals surface area contributed by atoms with Crippen LogP contribution in [-0.2, 0) is 13.0 Å². The first-order valence-electron chi connectivity index (χ1n) is 5.77. The lowest BCUT2D eigenvalue weighted by molar-refractivity contribution is 0.454. The summed E-state index contributed by atoms with van der Waals surface area (Å²) in [6.07, 6.45) is 6.18. The molecule has 0 saturated heterocycles. The van der Waals surface area contributed by atoms with Crippen molar-refractivity contribution in [1.82, 2.24) is 15.3 Å². The minimum absolute atomic E-state index is 0.351. The fourth-order valence-corrected chi connectivity index (χ4v) is 1.59. The Hall–Kier alpha value is -1.68. The van der Waals surface area contributed by atoms with E-state index in [1.165, 1.54) is 0 Å². The highest BCUT2D eigenvalue weighted by Crippen LogP contribution is 2.04. The molecule has 4 heteroatoms. The fraction of sp³-hybridized carbons (Fsp3) is 0.385. The highest BCUT2D eigenvalue weighted by Gasteiger charge is 2.05. The molecule has 0 aliphatic carbocycles. The van der Waals surface area contributed by atoms with Crippen LogP contribution in [0.15, 0.2) is 35.2 Å². The first-order chi connectivity index (χ1) is 8.24. The van der Waals surface area contributed by atoms with Crippen molar-refractivity contribution in [3.05, 3.63) is 47.9 Å². The summed E-state index contributed by atoms with van der Waals surface area (Å²) < 4.78 is 5.30. The van der Waals surface area contributed by atoms with Crippen molar-refractivity contribution in [2.45, 2.75) is 32.9 Å². The van der Waals surface area contributed by atoms with Crippen LogP contribution in [-0.4, -0.2) is 16.0 Å². The van der Waals surface area contributed by atoms with Crippen LogP contribution in [0.3, 0.4) is 0 Å². The van der Waals surface area contributed by atoms with Gasteiger partial charge in [-0.25, -0.2) is 0 Å². The molecule has 0 spiro atoms. The van der Waals surface area contributed by atoms with Crippen LogP contribution < -0.4 is 5.32 Å². The Balaban J connectivity index is 1.79. The molecule has 4 nitrogen and oxygen atoms in total. The first-order valence-corrected chi connectivity index (χ1v) is 5.77. The Labute approximate surface area is 101 Å². The molecule has 0 aliphatic heterocycles. The molecule has 2 rings (SSSR count). The number of nitrogens with one attached hydrogen (secondary N) is 1. The summed E-state index contributed by atoms with van der Waals surface area (Å²) in [5.41, 5.74) is 1.90. The maximum absolute atomic E-state index is 5.30. The molecule has 17 heavy (non-hydrogen) atoms. The highest BCUT2D eigenvalue weighted by atomic mass is 16.3. The maximum Gasteiger partial charge on any atom is 0.105 e. The Bertz CT molecular complexity index is 436. The van der Waals surface area contributed by atoms with Gasteiger partial charge in [0, 0.05) is 31.4 Å². The molecular weight excluding hydrogens is 214 g/mol. The molecule has 0 amide bonds. The minimum Gasteiger partial charge on any atom is -0.469 e. The van der Waals surface area contributed by atoms with E-state index in [2.05, 4.69) is 22.2 Å². The van der Waals surface area contributed by atoms with Gasteiger partial charge in [-0.1, -0.05) is 0 Å². The van der Waals surface area contributed by atoms with Crippen molar-refractivity contribution >= 4 is 0 Å². The molecule has 0 fully saturated rings. The molecule has 90 valence electrons. The van der Waals surface area contributed by atoms with Crippen LogP contribution >= 0.6 is 0 Å². The predicted octanol–water partition coefficient (Wildman–Crippen LogP) is 2.10. The summed E-state index contributed by atoms with van der Waals surface area (Å²) in [6, 6.07) is 4.25. The van der Waals surface area contributed by atoms with Gasteiger partial charge in [-0.15, -0.1) is 0 Å². The number of furan rings is 1. The molecule has 2 aromatic heterocycles. The Morgan fingerprint density at radius 3 is 2.88 bits per heavy atom. The van der Waals surface area contributed by atoms with Crippen molar-refractivity contribution in [1.29, 1.82) is 0 Å². The quantitative estimate of drug-likeness (QED) is 0.856. The second-order valence-corrected chi connectivity index (χ2v) is 4.21. The Kier molecular flexibility index (Phi) is 3.88. The van der Waals surface area contributed by atoms with E-state index in [-0.39, 0.29) is 0 Å². The van der Waals surface area contributed by atoms with Gasteiger partial charge in [0.05, 0.1) is 17.7 Å². The van der Waals surface area contributed by atoms with Gasteiger partial charge in [0.15, 0.2) is 0 Å². The summed E-state index contributed by atoms with van der Waals surface area (Å²) in [5.74, 6) is 1.000. The Morgan fingerprint density at radius 2 is 2.24 bits per heavy atom. The van der Waals surface area contributed by atoms with Crippen molar-refractivity contribution in [3.8, 4) is 0 Å². The third-order valence-corrected chi connectivity index (χ3v) is 2.55. The molecule has 1 unspecified atom stereocenters. The molecule has 0 bridgehead atoms. The fourth-order valence-electron chi connectivity index (χ4n) is 1.59. The van der Waals surface area contributed by atoms with E-state index in [1.54, 1.807) is 12.5 Å². The number of hydrogen-bond acceptors (Lipinski definition) is 4. The molecule has 2 aromatic rings. The molecule has 0 saturated carbocycles. The minimum atomic E-state index is 0.351. The normalized spacial score (nSPS) is 12.6. The van der Waals surface area contributed by atoms with Crippen molar-refractivity contribution < 1.29 is 4.42 Å². The van der Waals surface area contributed by atoms with Gasteiger partial charge in [0.1, 0.15) is 5.76 Å². The van der Waals surface area contributed by atoms with Crippen molar-refractivity contribution in [2.24, 2.45) is 0 Å². The summed E-state index contributed by atoms with van der Waals surface area (Å²) in [4.78, 5) is 8.51. The van der Waals surface area contributed by atoms with E-state index in [9.17, 15) is 0 Å². The van der Waals surface area contributed by atoms with E-state index in [0.717, 1.165) is 30.1 Å². The zero-order chi connectivity index (χ0) is 12.1. The lowest BCUT2D eigenvalue weighted by atomic mass is 10.2. The molecule has 0 aromatic carbocycles. The molecule has 1 atom stereocenters. The summed E-state index contributed by atoms with van der Waals surface area (Å²) in [7, 11) is 0. The van der Waals surface area contributed by atoms with Gasteiger partial charge >= 0.3 is 0 Å². The topological polar surface area (TPSA) is 51.0 Å². The first kappa shape index (κ1) is 11.8. The number of aromatic nitrogens is 2. The molecular formula is C13H17N3O. The number of nitrogens with zero attached hydrogens (tertiary/aromatic N) is 2. The van der Waals surface area contributed by atoms with Crippen LogP contribution in [0, 0.1) is 6.92 Å². The standard InChI is InChI=1S/C13H17N3O/c1-10(6-13-4-3-5-17-13)14-8-12-9-15-11(2)7-16-12/h3-5,7,9-10,14H,6,8H2,1-2H3. The van der Waals surface area contributed by atoms with Gasteiger partial charge in [0.25, 0.3) is 0 Å². The zero-order valence-corrected chi connectivity index (χ0v) is 10.2. The SMILES string of the molecule is Cc1cnc(CNC(C)Cc2ccco2)cn1. The van der Waals surface area contributed by atoms with Crippen LogP contribution in [0.25, 0.3) is 0 Å². The van der Waals surface area contributed by atoms with E-state index < -0.39 is 0 Å². The van der Waals surface area contributed by atoms with E-state index in [0.29, 0.717) is 6.04 Å². The predicted molar refractivity (Wildman–Crippen MR) is 65.5 cm³/mol. The average Bonchev–Trinajstić information content (AvgIpc) is 2.81. The average molecular weight is 231 g/mol. The van der Waals surface area contributed by atoms with Gasteiger partial charge in [0.2, 0.25) is 0 Å². The van der Waals surface area contributed by atoms with E-state index in [4.69, 9.17) is 4.42 Å². The van der Waals surface area contributed by atoms with Crippen molar-refractivity contribution in [2.75, 3.05) is 0 Å². The number of rotatable bonds is 5. The van der Waals surface area contributed by atoms with Gasteiger partial charge in [-0.3, -0.25) is 9.97 Å². The molecule has 0 radical (unpaired) electrons. The lowest BCUT2D eigenvalue weighted by Crippen LogP contribution is -2.27. The second-order valence-electron chi connectivity index (χ2n) is 4.21. The van der Waals surface area contributed by atoms with Gasteiger partial charge in [-0.05, 0) is 26.0 Å². The summed E-state index contributed by atoms with van der Waals surface area (Å²) in [5, 5.41) is 3.39. The van der Waals surface area contributed by atoms with E-state index >= 15 is 0 Å². The second kappa shape index (κ2) is 5.59. The third kappa shape index (κ3) is 3.67. The summed E-state index contributed by atoms with van der Waals surface area (Å²) >= 11 is 0. The molecule has 0 aliphatic rings. The Morgan fingerprint density at radius 1 is 1.35 bits per heavy atom. The number of aryl methyl sites for hydroxylation is 1. The maximum atomic E-state index is 5.30. The van der Waals surface area contributed by atoms with Gasteiger partial charge in [-0.2, -0.15) is 0 Å². The van der Waals surface area contributed by atoms with Crippen LogP contribution in [0.2, 0.25) is 0 Å². The van der Waals surface area contributed by atoms with E-state index in [1.807, 2.05) is 25.3 Å². The largest absolute Gasteiger partial charge is 0.469 e. The van der Waals surface area contributed by atoms with Gasteiger partial charge < -0.3 is 9.73 Å². The third-order valence-electron chi connectivity index (χ3n) is 2.55. The van der Waals surface area contributed by atoms with Crippen LogP contribution in [0.1, 0.15) is 24.1 Å². The monoisotopic (exact) mass is 231 g/mol. The molecule has 1 N–H and O–H groups in total. The summed E-state index contributed by atoms with van der Waals surface area (Å²) in [6.45, 7) is 4.79. The molecule has 2 heterocycles.